The molecule has 0 bridgehead atoms. The van der Waals surface area contributed by atoms with Gasteiger partial charge in [-0.2, -0.15) is 0 Å². The van der Waals surface area contributed by atoms with Gasteiger partial charge in [0.05, 0.1) is 7.11 Å². The van der Waals surface area contributed by atoms with Gasteiger partial charge >= 0.3 is 0 Å². The van der Waals surface area contributed by atoms with Crippen molar-refractivity contribution in [3.8, 4) is 5.75 Å². The summed E-state index contributed by atoms with van der Waals surface area (Å²) in [6.07, 6.45) is 1.94. The van der Waals surface area contributed by atoms with Crippen LogP contribution in [-0.2, 0) is 0 Å². The van der Waals surface area contributed by atoms with Gasteiger partial charge in [-0.3, -0.25) is 0 Å². The van der Waals surface area contributed by atoms with Crippen LogP contribution in [0.25, 0.3) is 6.08 Å². The minimum absolute atomic E-state index is 0.892. The van der Waals surface area contributed by atoms with Crippen molar-refractivity contribution in [2.75, 3.05) is 7.11 Å². The summed E-state index contributed by atoms with van der Waals surface area (Å²) in [4.78, 5) is 1.81. The molecule has 0 heterocycles. The van der Waals surface area contributed by atoms with Crippen LogP contribution in [0.4, 0.5) is 0 Å². The summed E-state index contributed by atoms with van der Waals surface area (Å²) in [6, 6.07) is 7.86. The molecule has 1 aromatic rings. The highest BCUT2D eigenvalue weighted by molar-refractivity contribution is 9.11. The van der Waals surface area contributed by atoms with E-state index < -0.39 is 0 Å². The van der Waals surface area contributed by atoms with E-state index in [9.17, 15) is 0 Å². The van der Waals surface area contributed by atoms with Crippen molar-refractivity contribution in [3.05, 3.63) is 34.8 Å². The molecule has 1 nitrogen and oxygen atoms in total. The number of rotatable bonds is 2. The van der Waals surface area contributed by atoms with E-state index in [0.717, 1.165) is 11.3 Å². The number of hydrogen-bond donors (Lipinski definition) is 0. The molecule has 1 rings (SSSR count). The molecular formula is C9H9BrO. The monoisotopic (exact) mass is 212 g/mol. The van der Waals surface area contributed by atoms with Crippen molar-refractivity contribution < 1.29 is 4.74 Å². The van der Waals surface area contributed by atoms with Gasteiger partial charge in [0.25, 0.3) is 0 Å². The molecule has 0 aromatic heterocycles. The quantitative estimate of drug-likeness (QED) is 0.733. The Morgan fingerprint density at radius 3 is 2.73 bits per heavy atom. The van der Waals surface area contributed by atoms with Crippen LogP contribution in [0.3, 0.4) is 0 Å². The molecule has 58 valence electrons. The molecule has 11 heavy (non-hydrogen) atoms. The molecular weight excluding hydrogens is 204 g/mol. The molecule has 2 heteroatoms. The van der Waals surface area contributed by atoms with Crippen LogP contribution in [-0.4, -0.2) is 7.11 Å². The van der Waals surface area contributed by atoms with Gasteiger partial charge in [-0.05, 0) is 17.1 Å². The lowest BCUT2D eigenvalue weighted by Crippen LogP contribution is -1.84. The summed E-state index contributed by atoms with van der Waals surface area (Å²) in [5, 5.41) is 0. The molecule has 1 aromatic carbocycles. The summed E-state index contributed by atoms with van der Waals surface area (Å²) in [7, 11) is 1.67. The van der Waals surface area contributed by atoms with E-state index in [-0.39, 0.29) is 0 Å². The first kappa shape index (κ1) is 8.34. The molecule has 0 atom stereocenters. The lowest BCUT2D eigenvalue weighted by molar-refractivity contribution is 0.414. The van der Waals surface area contributed by atoms with Crippen molar-refractivity contribution >= 4 is 22.0 Å². The third-order valence-corrected chi connectivity index (χ3v) is 1.65. The fourth-order valence-corrected chi connectivity index (χ4v) is 1.16. The normalized spacial score (nSPS) is 10.4. The van der Waals surface area contributed by atoms with Gasteiger partial charge in [-0.25, -0.2) is 0 Å². The smallest absolute Gasteiger partial charge is 0.126 e. The molecule has 0 radical (unpaired) electrons. The Hall–Kier alpha value is -0.760. The highest BCUT2D eigenvalue weighted by atomic mass is 79.9. The summed E-state index contributed by atoms with van der Waals surface area (Å²) in [5.74, 6) is 0.892. The van der Waals surface area contributed by atoms with Crippen LogP contribution in [0.5, 0.6) is 5.75 Å². The first-order valence-electron chi connectivity index (χ1n) is 3.28. The number of ether oxygens (including phenoxy) is 1. The summed E-state index contributed by atoms with van der Waals surface area (Å²) >= 11 is 3.21. The standard InChI is InChI=1S/C9H9BrO/c1-11-9-5-3-2-4-8(9)6-7-10/h2-7H,1H3/b7-6+. The summed E-state index contributed by atoms with van der Waals surface area (Å²) < 4.78 is 5.13. The first-order chi connectivity index (χ1) is 5.38. The second kappa shape index (κ2) is 4.19. The fraction of sp³-hybridized carbons (Fsp3) is 0.111. The number of methoxy groups -OCH3 is 1. The van der Waals surface area contributed by atoms with Gasteiger partial charge in [0, 0.05) is 5.56 Å². The van der Waals surface area contributed by atoms with Crippen LogP contribution in [0, 0.1) is 0 Å². The average molecular weight is 213 g/mol. The van der Waals surface area contributed by atoms with Crippen LogP contribution in [0.1, 0.15) is 5.56 Å². The van der Waals surface area contributed by atoms with E-state index in [4.69, 9.17) is 4.74 Å². The first-order valence-corrected chi connectivity index (χ1v) is 4.20. The van der Waals surface area contributed by atoms with E-state index in [1.807, 2.05) is 35.3 Å². The SMILES string of the molecule is COc1ccccc1/C=C/Br. The Morgan fingerprint density at radius 2 is 2.09 bits per heavy atom. The van der Waals surface area contributed by atoms with Crippen molar-refractivity contribution in [2.45, 2.75) is 0 Å². The Labute approximate surface area is 74.8 Å². The molecule has 0 aliphatic rings. The van der Waals surface area contributed by atoms with Crippen LogP contribution >= 0.6 is 15.9 Å². The van der Waals surface area contributed by atoms with Crippen LogP contribution in [0.15, 0.2) is 29.3 Å². The maximum atomic E-state index is 5.13. The fourth-order valence-electron chi connectivity index (χ4n) is 0.872. The number of benzene rings is 1. The van der Waals surface area contributed by atoms with E-state index in [1.54, 1.807) is 7.11 Å². The highest BCUT2D eigenvalue weighted by Crippen LogP contribution is 2.18. The Morgan fingerprint density at radius 1 is 1.36 bits per heavy atom. The third kappa shape index (κ3) is 2.09. The summed E-state index contributed by atoms with van der Waals surface area (Å²) in [5.41, 5.74) is 1.08. The number of para-hydroxylation sites is 1. The molecule has 0 N–H and O–H groups in total. The second-order valence-electron chi connectivity index (χ2n) is 2.03. The molecule has 0 saturated carbocycles. The molecule has 0 fully saturated rings. The van der Waals surface area contributed by atoms with Crippen molar-refractivity contribution in [3.63, 3.8) is 0 Å². The predicted molar refractivity (Wildman–Crippen MR) is 51.0 cm³/mol. The molecule has 0 amide bonds. The Bertz CT molecular complexity index is 255. The molecule has 0 saturated heterocycles. The van der Waals surface area contributed by atoms with Crippen molar-refractivity contribution in [2.24, 2.45) is 0 Å². The van der Waals surface area contributed by atoms with Gasteiger partial charge in [0.2, 0.25) is 0 Å². The topological polar surface area (TPSA) is 9.23 Å². The van der Waals surface area contributed by atoms with Crippen molar-refractivity contribution in [1.29, 1.82) is 0 Å². The Kier molecular flexibility index (Phi) is 3.17. The van der Waals surface area contributed by atoms with E-state index in [0.29, 0.717) is 0 Å². The largest absolute Gasteiger partial charge is 0.496 e. The van der Waals surface area contributed by atoms with Gasteiger partial charge in [0.1, 0.15) is 5.75 Å². The Balaban J connectivity index is 3.02. The van der Waals surface area contributed by atoms with Crippen LogP contribution in [0.2, 0.25) is 0 Å². The van der Waals surface area contributed by atoms with Gasteiger partial charge in [-0.1, -0.05) is 34.1 Å². The highest BCUT2D eigenvalue weighted by Gasteiger charge is 1.94. The van der Waals surface area contributed by atoms with Gasteiger partial charge in [-0.15, -0.1) is 0 Å². The second-order valence-corrected chi connectivity index (χ2v) is 2.56. The van der Waals surface area contributed by atoms with E-state index in [2.05, 4.69) is 15.9 Å². The molecule has 0 unspecified atom stereocenters. The van der Waals surface area contributed by atoms with Gasteiger partial charge < -0.3 is 4.74 Å². The number of halogens is 1. The maximum Gasteiger partial charge on any atom is 0.126 e. The minimum Gasteiger partial charge on any atom is -0.496 e. The predicted octanol–water partition coefficient (Wildman–Crippen LogP) is 3.06. The zero-order chi connectivity index (χ0) is 8.10. The average Bonchev–Trinajstić information content (AvgIpc) is 2.06. The lowest BCUT2D eigenvalue weighted by atomic mass is 10.2. The molecule has 0 spiro atoms. The zero-order valence-electron chi connectivity index (χ0n) is 6.25. The van der Waals surface area contributed by atoms with E-state index >= 15 is 0 Å². The van der Waals surface area contributed by atoms with E-state index in [1.165, 1.54) is 0 Å². The maximum absolute atomic E-state index is 5.13. The zero-order valence-corrected chi connectivity index (χ0v) is 7.84. The summed E-state index contributed by atoms with van der Waals surface area (Å²) in [6.45, 7) is 0. The molecule has 0 aliphatic carbocycles. The van der Waals surface area contributed by atoms with Gasteiger partial charge in [0.15, 0.2) is 0 Å². The molecule has 0 aliphatic heterocycles. The minimum atomic E-state index is 0.892. The third-order valence-electron chi connectivity index (χ3n) is 1.38. The number of hydrogen-bond acceptors (Lipinski definition) is 1. The lowest BCUT2D eigenvalue weighted by Gasteiger charge is -2.01. The van der Waals surface area contributed by atoms with Crippen LogP contribution < -0.4 is 4.74 Å². The van der Waals surface area contributed by atoms with Crippen molar-refractivity contribution in [1.82, 2.24) is 0 Å².